The lowest BCUT2D eigenvalue weighted by molar-refractivity contribution is 0.388. The Labute approximate surface area is 118 Å². The van der Waals surface area contributed by atoms with Crippen LogP contribution in [0.1, 0.15) is 18.4 Å². The Balaban J connectivity index is 1.84. The van der Waals surface area contributed by atoms with Crippen molar-refractivity contribution in [3.05, 3.63) is 46.2 Å². The summed E-state index contributed by atoms with van der Waals surface area (Å²) in [5, 5.41) is 7.68. The normalized spacial score (nSPS) is 19.4. The maximum atomic E-state index is 12.5. The molecule has 0 aliphatic carbocycles. The van der Waals surface area contributed by atoms with Gasteiger partial charge in [0, 0.05) is 43.3 Å². The fourth-order valence-electron chi connectivity index (χ4n) is 2.91. The van der Waals surface area contributed by atoms with Crippen molar-refractivity contribution in [1.29, 1.82) is 0 Å². The molecule has 0 spiro atoms. The number of rotatable bonds is 3. The minimum atomic E-state index is 0.148. The molecule has 1 aliphatic rings. The van der Waals surface area contributed by atoms with Crippen LogP contribution in [-0.4, -0.2) is 23.7 Å². The maximum absolute atomic E-state index is 12.5. The molecule has 0 radical (unpaired) electrons. The number of para-hydroxylation sites is 1. The first-order valence-electron chi connectivity index (χ1n) is 7.27. The van der Waals surface area contributed by atoms with Crippen LogP contribution < -0.4 is 16.1 Å². The molecule has 0 amide bonds. The maximum Gasteiger partial charge on any atom is 0.193 e. The molecular weight excluding hydrogens is 250 g/mol. The van der Waals surface area contributed by atoms with E-state index in [1.165, 1.54) is 12.8 Å². The largest absolute Gasteiger partial charge is 0.350 e. The molecule has 0 bridgehead atoms. The van der Waals surface area contributed by atoms with E-state index in [0.29, 0.717) is 12.6 Å². The van der Waals surface area contributed by atoms with Crippen molar-refractivity contribution in [3.63, 3.8) is 0 Å². The molecular formula is C16H21N3O. The van der Waals surface area contributed by atoms with E-state index in [2.05, 4.69) is 10.6 Å². The Morgan fingerprint density at radius 3 is 3.05 bits per heavy atom. The molecule has 0 saturated carbocycles. The number of fused-ring (bicyclic) bond motifs is 1. The van der Waals surface area contributed by atoms with Crippen LogP contribution >= 0.6 is 0 Å². The molecule has 1 aromatic heterocycles. The number of hydrogen-bond acceptors (Lipinski definition) is 3. The lowest BCUT2D eigenvalue weighted by Gasteiger charge is -2.24. The summed E-state index contributed by atoms with van der Waals surface area (Å²) in [6.45, 7) is 2.74. The molecule has 3 rings (SSSR count). The van der Waals surface area contributed by atoms with Crippen molar-refractivity contribution in [1.82, 2.24) is 15.2 Å². The average Bonchev–Trinajstić information content (AvgIpc) is 2.50. The number of aromatic nitrogens is 1. The number of piperidine rings is 1. The van der Waals surface area contributed by atoms with Crippen LogP contribution in [0.15, 0.2) is 35.3 Å². The highest BCUT2D eigenvalue weighted by Gasteiger charge is 2.13. The van der Waals surface area contributed by atoms with Gasteiger partial charge < -0.3 is 15.2 Å². The Morgan fingerprint density at radius 1 is 1.40 bits per heavy atom. The second-order valence-corrected chi connectivity index (χ2v) is 5.54. The van der Waals surface area contributed by atoms with E-state index in [0.717, 1.165) is 29.6 Å². The van der Waals surface area contributed by atoms with Gasteiger partial charge in [-0.15, -0.1) is 0 Å². The van der Waals surface area contributed by atoms with Crippen molar-refractivity contribution >= 4 is 10.9 Å². The second kappa shape index (κ2) is 5.77. The number of pyridine rings is 1. The Hall–Kier alpha value is -1.65. The Kier molecular flexibility index (Phi) is 3.85. The number of benzene rings is 1. The van der Waals surface area contributed by atoms with Gasteiger partial charge in [-0.2, -0.15) is 0 Å². The Morgan fingerprint density at radius 2 is 2.25 bits per heavy atom. The molecule has 20 heavy (non-hydrogen) atoms. The molecule has 4 heteroatoms. The Bertz CT molecular complexity index is 656. The summed E-state index contributed by atoms with van der Waals surface area (Å²) < 4.78 is 2.03. The number of nitrogens with one attached hydrogen (secondary N) is 2. The predicted octanol–water partition coefficient (Wildman–Crippen LogP) is 1.38. The fraction of sp³-hybridized carbons (Fsp3) is 0.438. The van der Waals surface area contributed by atoms with Gasteiger partial charge in [0.15, 0.2) is 5.43 Å². The highest BCUT2D eigenvalue weighted by Crippen LogP contribution is 2.10. The van der Waals surface area contributed by atoms with E-state index in [9.17, 15) is 4.79 Å². The van der Waals surface area contributed by atoms with E-state index in [-0.39, 0.29) is 5.43 Å². The van der Waals surface area contributed by atoms with E-state index in [1.807, 2.05) is 42.1 Å². The minimum absolute atomic E-state index is 0.148. The van der Waals surface area contributed by atoms with E-state index in [1.54, 1.807) is 0 Å². The lowest BCUT2D eigenvalue weighted by atomic mass is 10.1. The first kappa shape index (κ1) is 13.3. The van der Waals surface area contributed by atoms with Gasteiger partial charge >= 0.3 is 0 Å². The molecule has 1 aromatic carbocycles. The standard InChI is InChI=1S/C16H21N3O/c1-19-11-12(9-18-13-5-4-8-17-10-13)16(20)14-6-2-3-7-15(14)19/h2-3,6-7,11,13,17-18H,4-5,8-10H2,1H3/t13-/m0/s1. The molecule has 1 aliphatic heterocycles. The zero-order valence-corrected chi connectivity index (χ0v) is 11.9. The van der Waals surface area contributed by atoms with Crippen LogP contribution in [0.2, 0.25) is 0 Å². The van der Waals surface area contributed by atoms with Crippen molar-refractivity contribution < 1.29 is 0 Å². The molecule has 1 saturated heterocycles. The summed E-state index contributed by atoms with van der Waals surface area (Å²) in [6.07, 6.45) is 4.34. The smallest absolute Gasteiger partial charge is 0.193 e. The average molecular weight is 271 g/mol. The molecule has 1 fully saturated rings. The van der Waals surface area contributed by atoms with Gasteiger partial charge in [-0.25, -0.2) is 0 Å². The van der Waals surface area contributed by atoms with Gasteiger partial charge in [0.25, 0.3) is 0 Å². The first-order chi connectivity index (χ1) is 9.75. The van der Waals surface area contributed by atoms with Crippen LogP contribution in [0.5, 0.6) is 0 Å². The minimum Gasteiger partial charge on any atom is -0.350 e. The van der Waals surface area contributed by atoms with Gasteiger partial charge in [0.05, 0.1) is 5.52 Å². The van der Waals surface area contributed by atoms with E-state index in [4.69, 9.17) is 0 Å². The number of hydrogen-bond donors (Lipinski definition) is 2. The van der Waals surface area contributed by atoms with Crippen LogP contribution in [0, 0.1) is 0 Å². The third-order valence-electron chi connectivity index (χ3n) is 4.05. The van der Waals surface area contributed by atoms with Crippen molar-refractivity contribution in [2.75, 3.05) is 13.1 Å². The van der Waals surface area contributed by atoms with Crippen LogP contribution in [0.25, 0.3) is 10.9 Å². The van der Waals surface area contributed by atoms with Crippen molar-refractivity contribution in [2.24, 2.45) is 7.05 Å². The van der Waals surface area contributed by atoms with Gasteiger partial charge in [-0.1, -0.05) is 12.1 Å². The molecule has 4 nitrogen and oxygen atoms in total. The summed E-state index contributed by atoms with van der Waals surface area (Å²) >= 11 is 0. The van der Waals surface area contributed by atoms with Crippen molar-refractivity contribution in [3.8, 4) is 0 Å². The summed E-state index contributed by atoms with van der Waals surface area (Å²) in [5.74, 6) is 0. The second-order valence-electron chi connectivity index (χ2n) is 5.54. The highest BCUT2D eigenvalue weighted by atomic mass is 16.1. The third kappa shape index (κ3) is 2.62. The summed E-state index contributed by atoms with van der Waals surface area (Å²) in [6, 6.07) is 8.25. The van der Waals surface area contributed by atoms with Crippen LogP contribution in [0.4, 0.5) is 0 Å². The molecule has 2 heterocycles. The van der Waals surface area contributed by atoms with Crippen LogP contribution in [0.3, 0.4) is 0 Å². The third-order valence-corrected chi connectivity index (χ3v) is 4.05. The zero-order valence-electron chi connectivity index (χ0n) is 11.9. The SMILES string of the molecule is Cn1cc(CN[C@H]2CCCNC2)c(=O)c2ccccc21. The van der Waals surface area contributed by atoms with Gasteiger partial charge in [-0.05, 0) is 31.5 Å². The molecule has 2 N–H and O–H groups in total. The van der Waals surface area contributed by atoms with E-state index < -0.39 is 0 Å². The molecule has 1 atom stereocenters. The molecule has 106 valence electrons. The molecule has 0 unspecified atom stereocenters. The molecule has 2 aromatic rings. The monoisotopic (exact) mass is 271 g/mol. The zero-order chi connectivity index (χ0) is 13.9. The number of aryl methyl sites for hydroxylation is 1. The number of nitrogens with zero attached hydrogens (tertiary/aromatic N) is 1. The summed E-state index contributed by atoms with van der Waals surface area (Å²) in [7, 11) is 1.99. The first-order valence-corrected chi connectivity index (χ1v) is 7.27. The van der Waals surface area contributed by atoms with Crippen molar-refractivity contribution in [2.45, 2.75) is 25.4 Å². The van der Waals surface area contributed by atoms with Crippen LogP contribution in [-0.2, 0) is 13.6 Å². The lowest BCUT2D eigenvalue weighted by Crippen LogP contribution is -2.43. The summed E-state index contributed by atoms with van der Waals surface area (Å²) in [4.78, 5) is 12.5. The summed E-state index contributed by atoms with van der Waals surface area (Å²) in [5.41, 5.74) is 1.98. The van der Waals surface area contributed by atoms with Gasteiger partial charge in [0.2, 0.25) is 0 Å². The topological polar surface area (TPSA) is 46.1 Å². The fourth-order valence-corrected chi connectivity index (χ4v) is 2.91. The predicted molar refractivity (Wildman–Crippen MR) is 81.9 cm³/mol. The van der Waals surface area contributed by atoms with Gasteiger partial charge in [0.1, 0.15) is 0 Å². The van der Waals surface area contributed by atoms with E-state index >= 15 is 0 Å². The van der Waals surface area contributed by atoms with Gasteiger partial charge in [-0.3, -0.25) is 4.79 Å². The highest BCUT2D eigenvalue weighted by molar-refractivity contribution is 5.79. The quantitative estimate of drug-likeness (QED) is 0.886.